The fraction of sp³-hybridized carbons (Fsp3) is 0.0526. The predicted octanol–water partition coefficient (Wildman–Crippen LogP) is 4.49. The minimum atomic E-state index is -0.542. The van der Waals surface area contributed by atoms with E-state index < -0.39 is 6.03 Å². The molecule has 0 unspecified atom stereocenters. The number of carbonyl (C=O) groups excluding carboxylic acids is 1. The number of carbonyl (C=O) groups is 1. The molecule has 1 aromatic carbocycles. The average Bonchev–Trinajstić information content (AvgIpc) is 3.06. The molecule has 0 atom stereocenters. The van der Waals surface area contributed by atoms with Crippen LogP contribution in [0.3, 0.4) is 0 Å². The van der Waals surface area contributed by atoms with Gasteiger partial charge in [-0.2, -0.15) is 4.98 Å². The number of aryl methyl sites for hydroxylation is 1. The Labute approximate surface area is 175 Å². The number of hydrazine groups is 1. The van der Waals surface area contributed by atoms with Gasteiger partial charge in [0.05, 0.1) is 5.69 Å². The molecule has 0 aliphatic rings. The van der Waals surface area contributed by atoms with Crippen molar-refractivity contribution in [2.45, 2.75) is 0 Å². The summed E-state index contributed by atoms with van der Waals surface area (Å²) in [6.07, 6.45) is 1.91. The molecule has 0 aliphatic heterocycles. The Morgan fingerprint density at radius 2 is 1.72 bits per heavy atom. The van der Waals surface area contributed by atoms with Gasteiger partial charge in [0.15, 0.2) is 0 Å². The van der Waals surface area contributed by atoms with E-state index in [4.69, 9.17) is 23.2 Å². The Kier molecular flexibility index (Phi) is 5.20. The molecule has 4 aromatic rings. The number of rotatable bonds is 4. The van der Waals surface area contributed by atoms with E-state index in [-0.39, 0.29) is 16.3 Å². The van der Waals surface area contributed by atoms with Crippen LogP contribution in [-0.2, 0) is 7.05 Å². The van der Waals surface area contributed by atoms with Gasteiger partial charge >= 0.3 is 6.03 Å². The summed E-state index contributed by atoms with van der Waals surface area (Å²) in [6, 6.07) is 14.1. The van der Waals surface area contributed by atoms with E-state index in [0.29, 0.717) is 5.69 Å². The van der Waals surface area contributed by atoms with Gasteiger partial charge in [-0.1, -0.05) is 53.5 Å². The lowest BCUT2D eigenvalue weighted by Gasteiger charge is -2.11. The number of benzene rings is 1. The van der Waals surface area contributed by atoms with Crippen molar-refractivity contribution in [2.24, 2.45) is 7.05 Å². The summed E-state index contributed by atoms with van der Waals surface area (Å²) in [4.78, 5) is 25.1. The Balaban J connectivity index is 1.56. The van der Waals surface area contributed by atoms with Crippen molar-refractivity contribution in [1.29, 1.82) is 0 Å². The summed E-state index contributed by atoms with van der Waals surface area (Å²) in [5.41, 5.74) is 8.07. The lowest BCUT2D eigenvalue weighted by Crippen LogP contribution is -2.34. The van der Waals surface area contributed by atoms with Gasteiger partial charge in [-0.05, 0) is 18.2 Å². The van der Waals surface area contributed by atoms with Crippen LogP contribution in [0, 0.1) is 0 Å². The maximum Gasteiger partial charge on any atom is 0.337 e. The first kappa shape index (κ1) is 19.0. The van der Waals surface area contributed by atoms with Crippen molar-refractivity contribution in [3.63, 3.8) is 0 Å². The Hall–Kier alpha value is -3.36. The van der Waals surface area contributed by atoms with Crippen LogP contribution >= 0.6 is 23.2 Å². The maximum atomic E-state index is 12.2. The summed E-state index contributed by atoms with van der Waals surface area (Å²) in [7, 11) is 1.89. The Morgan fingerprint density at radius 1 is 1.00 bits per heavy atom. The third-order valence-electron chi connectivity index (χ3n) is 4.08. The molecule has 3 heterocycles. The molecule has 3 N–H and O–H groups in total. The second kappa shape index (κ2) is 7.94. The third kappa shape index (κ3) is 4.23. The summed E-state index contributed by atoms with van der Waals surface area (Å²) in [6.45, 7) is 0. The molecule has 3 aromatic heterocycles. The van der Waals surface area contributed by atoms with Crippen molar-refractivity contribution in [1.82, 2.24) is 24.9 Å². The molecule has 10 heteroatoms. The van der Waals surface area contributed by atoms with Gasteiger partial charge in [-0.3, -0.25) is 5.43 Å². The highest BCUT2D eigenvalue weighted by Crippen LogP contribution is 2.27. The highest BCUT2D eigenvalue weighted by Gasteiger charge is 2.13. The van der Waals surface area contributed by atoms with Crippen LogP contribution < -0.4 is 16.2 Å². The molecule has 0 radical (unpaired) electrons. The van der Waals surface area contributed by atoms with Gasteiger partial charge in [0.25, 0.3) is 0 Å². The van der Waals surface area contributed by atoms with E-state index in [2.05, 4.69) is 31.1 Å². The molecule has 0 fully saturated rings. The first-order valence-electron chi connectivity index (χ1n) is 8.54. The zero-order valence-electron chi connectivity index (χ0n) is 15.1. The van der Waals surface area contributed by atoms with Gasteiger partial charge in [0.2, 0.25) is 5.95 Å². The highest BCUT2D eigenvalue weighted by atomic mass is 35.5. The van der Waals surface area contributed by atoms with Crippen LogP contribution in [0.25, 0.3) is 22.3 Å². The number of urea groups is 1. The molecule has 0 saturated carbocycles. The number of aromatic nitrogens is 4. The van der Waals surface area contributed by atoms with Crippen molar-refractivity contribution in [3.8, 4) is 11.3 Å². The minimum Gasteiger partial charge on any atom is -0.335 e. The highest BCUT2D eigenvalue weighted by molar-refractivity contribution is 6.33. The second-order valence-electron chi connectivity index (χ2n) is 6.13. The molecule has 0 spiro atoms. The average molecular weight is 428 g/mol. The number of amides is 2. The van der Waals surface area contributed by atoms with Gasteiger partial charge in [0.1, 0.15) is 16.0 Å². The Morgan fingerprint density at radius 3 is 2.45 bits per heavy atom. The largest absolute Gasteiger partial charge is 0.337 e. The van der Waals surface area contributed by atoms with Crippen LogP contribution in [0.2, 0.25) is 10.3 Å². The fourth-order valence-corrected chi connectivity index (χ4v) is 3.28. The van der Waals surface area contributed by atoms with Crippen LogP contribution in [-0.4, -0.2) is 25.6 Å². The smallest absolute Gasteiger partial charge is 0.335 e. The standard InChI is InChI=1S/C19H15Cl2N7O/c1-28-8-7-13-16(11-5-3-2-4-6-11)24-18(25-17(13)28)26-27-19(29)22-12-9-14(20)23-15(21)10-12/h2-10H,1H3,(H,24,25,26)(H2,22,23,27,29). The van der Waals surface area contributed by atoms with Crippen molar-refractivity contribution >= 4 is 51.9 Å². The first-order chi connectivity index (χ1) is 14.0. The maximum absolute atomic E-state index is 12.2. The van der Waals surface area contributed by atoms with Crippen LogP contribution in [0.1, 0.15) is 0 Å². The molecular weight excluding hydrogens is 413 g/mol. The summed E-state index contributed by atoms with van der Waals surface area (Å²) >= 11 is 11.7. The molecule has 0 bridgehead atoms. The molecule has 146 valence electrons. The number of hydrogen-bond donors (Lipinski definition) is 3. The molecule has 29 heavy (non-hydrogen) atoms. The number of fused-ring (bicyclic) bond motifs is 1. The van der Waals surface area contributed by atoms with Crippen LogP contribution in [0.5, 0.6) is 0 Å². The van der Waals surface area contributed by atoms with Crippen LogP contribution in [0.15, 0.2) is 54.7 Å². The quantitative estimate of drug-likeness (QED) is 0.329. The molecule has 0 saturated heterocycles. The molecule has 2 amide bonds. The van der Waals surface area contributed by atoms with E-state index >= 15 is 0 Å². The number of anilines is 2. The summed E-state index contributed by atoms with van der Waals surface area (Å²) in [5, 5.41) is 3.86. The molecular formula is C19H15Cl2N7O. The normalized spacial score (nSPS) is 10.7. The number of halogens is 2. The van der Waals surface area contributed by atoms with E-state index in [1.54, 1.807) is 0 Å². The number of nitrogens with one attached hydrogen (secondary N) is 3. The van der Waals surface area contributed by atoms with Gasteiger partial charge in [-0.25, -0.2) is 20.2 Å². The topological polar surface area (TPSA) is 96.8 Å². The van der Waals surface area contributed by atoms with E-state index in [1.165, 1.54) is 12.1 Å². The van der Waals surface area contributed by atoms with Crippen molar-refractivity contribution in [3.05, 3.63) is 65.0 Å². The zero-order valence-corrected chi connectivity index (χ0v) is 16.7. The number of hydrogen-bond acceptors (Lipinski definition) is 5. The minimum absolute atomic E-state index is 0.172. The zero-order chi connectivity index (χ0) is 20.4. The SMILES string of the molecule is Cn1ccc2c(-c3ccccc3)nc(NNC(=O)Nc3cc(Cl)nc(Cl)c3)nc21. The molecule has 8 nitrogen and oxygen atoms in total. The molecule has 4 rings (SSSR count). The van der Waals surface area contributed by atoms with E-state index in [9.17, 15) is 4.79 Å². The predicted molar refractivity (Wildman–Crippen MR) is 114 cm³/mol. The summed E-state index contributed by atoms with van der Waals surface area (Å²) in [5.74, 6) is 0.249. The van der Waals surface area contributed by atoms with Gasteiger partial charge < -0.3 is 9.88 Å². The Bertz CT molecular complexity index is 1170. The second-order valence-corrected chi connectivity index (χ2v) is 6.91. The lowest BCUT2D eigenvalue weighted by atomic mass is 10.1. The first-order valence-corrected chi connectivity index (χ1v) is 9.30. The molecule has 0 aliphatic carbocycles. The number of pyridine rings is 1. The van der Waals surface area contributed by atoms with Gasteiger partial charge in [0, 0.05) is 29.9 Å². The summed E-state index contributed by atoms with van der Waals surface area (Å²) < 4.78 is 1.88. The lowest BCUT2D eigenvalue weighted by molar-refractivity contribution is 0.253. The van der Waals surface area contributed by atoms with Crippen LogP contribution in [0.4, 0.5) is 16.4 Å². The fourth-order valence-electron chi connectivity index (χ4n) is 2.82. The monoisotopic (exact) mass is 427 g/mol. The van der Waals surface area contributed by atoms with Gasteiger partial charge in [-0.15, -0.1) is 0 Å². The van der Waals surface area contributed by atoms with Crippen molar-refractivity contribution in [2.75, 3.05) is 10.7 Å². The third-order valence-corrected chi connectivity index (χ3v) is 4.47. The van der Waals surface area contributed by atoms with E-state index in [1.807, 2.05) is 54.2 Å². The number of nitrogens with zero attached hydrogens (tertiary/aromatic N) is 4. The van der Waals surface area contributed by atoms with Crippen molar-refractivity contribution < 1.29 is 4.79 Å². The van der Waals surface area contributed by atoms with E-state index in [0.717, 1.165) is 22.3 Å².